The van der Waals surface area contributed by atoms with Crippen LogP contribution in [0.5, 0.6) is 0 Å². The SMILES string of the molecule is CN1CCN(c2ccc(NC(=O)C3CC3C(=O)NC3CC3)cc2)CC1. The number of benzene rings is 1. The van der Waals surface area contributed by atoms with Gasteiger partial charge < -0.3 is 20.4 Å². The molecule has 6 nitrogen and oxygen atoms in total. The van der Waals surface area contributed by atoms with Gasteiger partial charge in [-0.25, -0.2) is 0 Å². The largest absolute Gasteiger partial charge is 0.369 e. The van der Waals surface area contributed by atoms with Gasteiger partial charge in [0.25, 0.3) is 0 Å². The summed E-state index contributed by atoms with van der Waals surface area (Å²) < 4.78 is 0. The number of hydrogen-bond acceptors (Lipinski definition) is 4. The van der Waals surface area contributed by atoms with Crippen LogP contribution in [0.3, 0.4) is 0 Å². The molecule has 3 fully saturated rings. The summed E-state index contributed by atoms with van der Waals surface area (Å²) in [6, 6.07) is 8.38. The number of hydrogen-bond donors (Lipinski definition) is 2. The topological polar surface area (TPSA) is 64.7 Å². The van der Waals surface area contributed by atoms with Gasteiger partial charge in [-0.15, -0.1) is 0 Å². The van der Waals surface area contributed by atoms with Crippen LogP contribution in [0.1, 0.15) is 19.3 Å². The van der Waals surface area contributed by atoms with E-state index in [0.29, 0.717) is 12.5 Å². The fourth-order valence-corrected chi connectivity index (χ4v) is 3.37. The first-order chi connectivity index (χ1) is 12.1. The second kappa shape index (κ2) is 6.67. The van der Waals surface area contributed by atoms with E-state index >= 15 is 0 Å². The van der Waals surface area contributed by atoms with Crippen molar-refractivity contribution in [2.24, 2.45) is 11.8 Å². The van der Waals surface area contributed by atoms with Crippen molar-refractivity contribution in [3.63, 3.8) is 0 Å². The van der Waals surface area contributed by atoms with Crippen molar-refractivity contribution in [3.8, 4) is 0 Å². The molecule has 2 atom stereocenters. The molecular formula is C19H26N4O2. The van der Waals surface area contributed by atoms with Gasteiger partial charge in [0.05, 0.1) is 11.8 Å². The summed E-state index contributed by atoms with van der Waals surface area (Å²) >= 11 is 0. The Labute approximate surface area is 148 Å². The molecule has 1 aromatic carbocycles. The van der Waals surface area contributed by atoms with E-state index in [0.717, 1.165) is 44.7 Å². The zero-order valence-corrected chi connectivity index (χ0v) is 14.7. The number of nitrogens with one attached hydrogen (secondary N) is 2. The third kappa shape index (κ3) is 3.95. The van der Waals surface area contributed by atoms with Gasteiger partial charge in [-0.05, 0) is 50.6 Å². The van der Waals surface area contributed by atoms with Crippen LogP contribution in [0.2, 0.25) is 0 Å². The Kier molecular flexibility index (Phi) is 4.37. The minimum atomic E-state index is -0.170. The van der Waals surface area contributed by atoms with Crippen molar-refractivity contribution in [2.45, 2.75) is 25.3 Å². The molecule has 0 radical (unpaired) electrons. The van der Waals surface area contributed by atoms with Crippen molar-refractivity contribution in [2.75, 3.05) is 43.4 Å². The van der Waals surface area contributed by atoms with Gasteiger partial charge in [0.2, 0.25) is 11.8 Å². The molecule has 25 heavy (non-hydrogen) atoms. The lowest BCUT2D eigenvalue weighted by molar-refractivity contribution is -0.125. The minimum absolute atomic E-state index is 0.0386. The summed E-state index contributed by atoms with van der Waals surface area (Å²) in [4.78, 5) is 29.0. The van der Waals surface area contributed by atoms with Crippen LogP contribution in [0.15, 0.2) is 24.3 Å². The van der Waals surface area contributed by atoms with Gasteiger partial charge in [-0.3, -0.25) is 9.59 Å². The molecule has 2 amide bonds. The Bertz CT molecular complexity index is 648. The maximum Gasteiger partial charge on any atom is 0.228 e. The molecule has 1 aliphatic heterocycles. The van der Waals surface area contributed by atoms with E-state index in [9.17, 15) is 9.59 Å². The molecule has 4 rings (SSSR count). The average molecular weight is 342 g/mol. The number of amides is 2. The van der Waals surface area contributed by atoms with E-state index in [4.69, 9.17) is 0 Å². The monoisotopic (exact) mass is 342 g/mol. The summed E-state index contributed by atoms with van der Waals surface area (Å²) in [5.74, 6) is -0.294. The molecule has 6 heteroatoms. The Hall–Kier alpha value is -2.08. The number of rotatable bonds is 5. The zero-order chi connectivity index (χ0) is 17.4. The summed E-state index contributed by atoms with van der Waals surface area (Å²) in [6.45, 7) is 4.21. The van der Waals surface area contributed by atoms with E-state index in [-0.39, 0.29) is 23.7 Å². The number of nitrogens with zero attached hydrogens (tertiary/aromatic N) is 2. The van der Waals surface area contributed by atoms with Crippen LogP contribution in [-0.4, -0.2) is 56.0 Å². The van der Waals surface area contributed by atoms with Crippen molar-refractivity contribution in [3.05, 3.63) is 24.3 Å². The molecule has 2 saturated carbocycles. The van der Waals surface area contributed by atoms with E-state index < -0.39 is 0 Å². The second-order valence-electron chi connectivity index (χ2n) is 7.56. The predicted octanol–water partition coefficient (Wildman–Crippen LogP) is 1.29. The normalized spacial score (nSPS) is 26.2. The number of carbonyl (C=O) groups excluding carboxylic acids is 2. The molecule has 0 bridgehead atoms. The Balaban J connectivity index is 1.28. The Morgan fingerprint density at radius 3 is 2.24 bits per heavy atom. The molecule has 1 saturated heterocycles. The molecule has 1 heterocycles. The molecule has 0 aromatic heterocycles. The summed E-state index contributed by atoms with van der Waals surface area (Å²) in [7, 11) is 2.14. The number of piperazine rings is 1. The van der Waals surface area contributed by atoms with Gasteiger partial charge in [0.15, 0.2) is 0 Å². The lowest BCUT2D eigenvalue weighted by atomic mass is 10.2. The highest BCUT2D eigenvalue weighted by Crippen LogP contribution is 2.40. The molecule has 3 aliphatic rings. The summed E-state index contributed by atoms with van der Waals surface area (Å²) in [5.41, 5.74) is 2.00. The molecule has 1 aromatic rings. The van der Waals surface area contributed by atoms with Crippen LogP contribution < -0.4 is 15.5 Å². The predicted molar refractivity (Wildman–Crippen MR) is 97.5 cm³/mol. The number of carbonyl (C=O) groups is 2. The van der Waals surface area contributed by atoms with Crippen LogP contribution in [0.4, 0.5) is 11.4 Å². The average Bonchev–Trinajstić information content (AvgIpc) is 3.50. The van der Waals surface area contributed by atoms with Crippen molar-refractivity contribution < 1.29 is 9.59 Å². The quantitative estimate of drug-likeness (QED) is 0.846. The maximum absolute atomic E-state index is 12.3. The molecule has 134 valence electrons. The van der Waals surface area contributed by atoms with E-state index in [2.05, 4.69) is 39.6 Å². The van der Waals surface area contributed by atoms with Gasteiger partial charge >= 0.3 is 0 Å². The lowest BCUT2D eigenvalue weighted by Crippen LogP contribution is -2.44. The smallest absolute Gasteiger partial charge is 0.228 e. The highest BCUT2D eigenvalue weighted by Gasteiger charge is 2.48. The Morgan fingerprint density at radius 2 is 1.60 bits per heavy atom. The molecule has 2 N–H and O–H groups in total. The first-order valence-electron chi connectivity index (χ1n) is 9.25. The summed E-state index contributed by atoms with van der Waals surface area (Å²) in [6.07, 6.45) is 2.83. The molecule has 2 unspecified atom stereocenters. The van der Waals surface area contributed by atoms with Gasteiger partial charge in [0, 0.05) is 43.6 Å². The number of anilines is 2. The van der Waals surface area contributed by atoms with Crippen molar-refractivity contribution in [1.29, 1.82) is 0 Å². The van der Waals surface area contributed by atoms with Crippen molar-refractivity contribution in [1.82, 2.24) is 10.2 Å². The third-order valence-electron chi connectivity index (χ3n) is 5.39. The van der Waals surface area contributed by atoms with E-state index in [1.807, 2.05) is 12.1 Å². The highest BCUT2D eigenvalue weighted by molar-refractivity contribution is 5.99. The van der Waals surface area contributed by atoms with Crippen LogP contribution >= 0.6 is 0 Å². The van der Waals surface area contributed by atoms with Gasteiger partial charge in [0.1, 0.15) is 0 Å². The first-order valence-corrected chi connectivity index (χ1v) is 9.25. The lowest BCUT2D eigenvalue weighted by Gasteiger charge is -2.34. The third-order valence-corrected chi connectivity index (χ3v) is 5.39. The second-order valence-corrected chi connectivity index (χ2v) is 7.56. The molecule has 0 spiro atoms. The fraction of sp³-hybridized carbons (Fsp3) is 0.579. The first kappa shape index (κ1) is 16.4. The minimum Gasteiger partial charge on any atom is -0.369 e. The van der Waals surface area contributed by atoms with Crippen LogP contribution in [0, 0.1) is 11.8 Å². The fourth-order valence-electron chi connectivity index (χ4n) is 3.37. The van der Waals surface area contributed by atoms with Gasteiger partial charge in [-0.2, -0.15) is 0 Å². The summed E-state index contributed by atoms with van der Waals surface area (Å²) in [5, 5.41) is 5.93. The molecular weight excluding hydrogens is 316 g/mol. The number of likely N-dealkylation sites (N-methyl/N-ethyl adjacent to an activating group) is 1. The van der Waals surface area contributed by atoms with Crippen molar-refractivity contribution >= 4 is 23.2 Å². The van der Waals surface area contributed by atoms with E-state index in [1.165, 1.54) is 5.69 Å². The van der Waals surface area contributed by atoms with Crippen LogP contribution in [-0.2, 0) is 9.59 Å². The Morgan fingerprint density at radius 1 is 0.960 bits per heavy atom. The molecule has 2 aliphatic carbocycles. The van der Waals surface area contributed by atoms with Crippen LogP contribution in [0.25, 0.3) is 0 Å². The highest BCUT2D eigenvalue weighted by atomic mass is 16.2. The van der Waals surface area contributed by atoms with Gasteiger partial charge in [-0.1, -0.05) is 0 Å². The zero-order valence-electron chi connectivity index (χ0n) is 14.7. The van der Waals surface area contributed by atoms with E-state index in [1.54, 1.807) is 0 Å². The standard InChI is InChI=1S/C19H26N4O2/c1-22-8-10-23(11-9-22)15-6-4-14(5-7-15)21-19(25)17-12-16(17)18(24)20-13-2-3-13/h4-7,13,16-17H,2-3,8-12H2,1H3,(H,20,24)(H,21,25). The maximum atomic E-state index is 12.3.